The number of nitrogens with zero attached hydrogens (tertiary/aromatic N) is 1. The van der Waals surface area contributed by atoms with Gasteiger partial charge in [-0.3, -0.25) is 4.79 Å². The van der Waals surface area contributed by atoms with Gasteiger partial charge in [-0.15, -0.1) is 24.8 Å². The van der Waals surface area contributed by atoms with Gasteiger partial charge in [0.05, 0.1) is 0 Å². The average molecular weight is 388 g/mol. The zero-order chi connectivity index (χ0) is 15.9. The number of para-hydroxylation sites is 1. The van der Waals surface area contributed by atoms with Gasteiger partial charge >= 0.3 is 0 Å². The third-order valence-electron chi connectivity index (χ3n) is 5.23. The van der Waals surface area contributed by atoms with Crippen LogP contribution in [0.2, 0.25) is 0 Å². The molecule has 2 heterocycles. The molecule has 2 saturated heterocycles. The number of nitrogens with one attached hydrogen (secondary N) is 2. The molecule has 0 spiro atoms. The number of piperidine rings is 1. The fraction of sp³-hybridized carbons (Fsp3) is 0.632. The highest BCUT2D eigenvalue weighted by molar-refractivity contribution is 5.85. The van der Waals surface area contributed by atoms with Crippen LogP contribution >= 0.6 is 24.8 Å². The van der Waals surface area contributed by atoms with Crippen LogP contribution in [0.25, 0.3) is 0 Å². The van der Waals surface area contributed by atoms with Gasteiger partial charge in [0.25, 0.3) is 0 Å². The molecule has 0 radical (unpaired) electrons. The van der Waals surface area contributed by atoms with Gasteiger partial charge in [-0.05, 0) is 62.7 Å². The van der Waals surface area contributed by atoms with Crippen molar-refractivity contribution < 1.29 is 4.79 Å². The number of hydrogen-bond donors (Lipinski definition) is 2. The second kappa shape index (κ2) is 11.6. The topological polar surface area (TPSA) is 44.4 Å². The van der Waals surface area contributed by atoms with Crippen molar-refractivity contribution in [2.75, 3.05) is 37.6 Å². The average Bonchev–Trinajstić information content (AvgIpc) is 3.09. The van der Waals surface area contributed by atoms with Crippen molar-refractivity contribution >= 4 is 36.4 Å². The molecule has 1 aromatic carbocycles. The second-order valence-electron chi connectivity index (χ2n) is 6.97. The summed E-state index contributed by atoms with van der Waals surface area (Å²) >= 11 is 0. The van der Waals surface area contributed by atoms with Gasteiger partial charge < -0.3 is 15.5 Å². The monoisotopic (exact) mass is 387 g/mol. The van der Waals surface area contributed by atoms with Crippen LogP contribution in [0.5, 0.6) is 0 Å². The molecule has 4 nitrogen and oxygen atoms in total. The fourth-order valence-corrected chi connectivity index (χ4v) is 3.72. The van der Waals surface area contributed by atoms with Crippen molar-refractivity contribution in [3.8, 4) is 0 Å². The summed E-state index contributed by atoms with van der Waals surface area (Å²) < 4.78 is 0. The van der Waals surface area contributed by atoms with Gasteiger partial charge in [0.1, 0.15) is 0 Å². The van der Waals surface area contributed by atoms with Crippen molar-refractivity contribution in [1.29, 1.82) is 0 Å². The number of amides is 1. The van der Waals surface area contributed by atoms with Gasteiger partial charge in [-0.1, -0.05) is 18.2 Å². The minimum atomic E-state index is 0. The first-order valence-electron chi connectivity index (χ1n) is 9.08. The molecule has 25 heavy (non-hydrogen) atoms. The number of benzene rings is 1. The van der Waals surface area contributed by atoms with Crippen LogP contribution < -0.4 is 15.5 Å². The first-order valence-corrected chi connectivity index (χ1v) is 9.08. The van der Waals surface area contributed by atoms with Crippen LogP contribution in [-0.4, -0.2) is 38.6 Å². The van der Waals surface area contributed by atoms with E-state index in [2.05, 4.69) is 45.9 Å². The van der Waals surface area contributed by atoms with Crippen LogP contribution in [0.4, 0.5) is 5.69 Å². The molecule has 2 aliphatic heterocycles. The Morgan fingerprint density at radius 1 is 1.08 bits per heavy atom. The van der Waals surface area contributed by atoms with Gasteiger partial charge in [-0.2, -0.15) is 0 Å². The van der Waals surface area contributed by atoms with E-state index in [1.165, 1.54) is 24.9 Å². The Balaban J connectivity index is 0.00000156. The Morgan fingerprint density at radius 3 is 2.52 bits per heavy atom. The summed E-state index contributed by atoms with van der Waals surface area (Å²) in [4.78, 5) is 14.5. The van der Waals surface area contributed by atoms with E-state index in [1.807, 2.05) is 0 Å². The zero-order valence-electron chi connectivity index (χ0n) is 14.8. The molecule has 1 amide bonds. The van der Waals surface area contributed by atoms with Crippen LogP contribution in [0.1, 0.15) is 32.1 Å². The van der Waals surface area contributed by atoms with Gasteiger partial charge in [0.2, 0.25) is 5.91 Å². The lowest BCUT2D eigenvalue weighted by Gasteiger charge is -2.22. The molecule has 0 aliphatic carbocycles. The van der Waals surface area contributed by atoms with Crippen molar-refractivity contribution in [3.05, 3.63) is 30.3 Å². The summed E-state index contributed by atoms with van der Waals surface area (Å²) in [5.74, 6) is 1.56. The van der Waals surface area contributed by atoms with Crippen LogP contribution in [0, 0.1) is 11.8 Å². The lowest BCUT2D eigenvalue weighted by molar-refractivity contribution is -0.121. The molecular weight excluding hydrogens is 357 g/mol. The predicted octanol–water partition coefficient (Wildman–Crippen LogP) is 3.25. The number of hydrogen-bond acceptors (Lipinski definition) is 3. The maximum Gasteiger partial charge on any atom is 0.220 e. The number of halogens is 2. The maximum absolute atomic E-state index is 12.1. The van der Waals surface area contributed by atoms with E-state index in [9.17, 15) is 4.79 Å². The molecule has 0 saturated carbocycles. The fourth-order valence-electron chi connectivity index (χ4n) is 3.72. The quantitative estimate of drug-likeness (QED) is 0.786. The lowest BCUT2D eigenvalue weighted by Crippen LogP contribution is -2.32. The first-order chi connectivity index (χ1) is 11.3. The maximum atomic E-state index is 12.1. The van der Waals surface area contributed by atoms with Crippen molar-refractivity contribution in [1.82, 2.24) is 10.6 Å². The Hall–Kier alpha value is -0.970. The molecule has 6 heteroatoms. The van der Waals surface area contributed by atoms with Crippen LogP contribution in [-0.2, 0) is 4.79 Å². The molecule has 1 aromatic rings. The molecule has 1 unspecified atom stereocenters. The van der Waals surface area contributed by atoms with Crippen LogP contribution in [0.15, 0.2) is 30.3 Å². The van der Waals surface area contributed by atoms with E-state index >= 15 is 0 Å². The highest BCUT2D eigenvalue weighted by Gasteiger charge is 2.23. The summed E-state index contributed by atoms with van der Waals surface area (Å²) in [5, 5.41) is 6.53. The van der Waals surface area contributed by atoms with E-state index in [0.717, 1.165) is 45.1 Å². The van der Waals surface area contributed by atoms with Crippen molar-refractivity contribution in [2.24, 2.45) is 11.8 Å². The zero-order valence-corrected chi connectivity index (χ0v) is 16.4. The normalized spacial score (nSPS) is 20.5. The number of anilines is 1. The number of carbonyl (C=O) groups is 1. The smallest absolute Gasteiger partial charge is 0.220 e. The highest BCUT2D eigenvalue weighted by atomic mass is 35.5. The SMILES string of the molecule is Cl.Cl.O=C(CCC1CCNCC1)NCC1CCN(c2ccccc2)C1. The molecule has 3 rings (SSSR count). The lowest BCUT2D eigenvalue weighted by atomic mass is 9.93. The molecule has 1 atom stereocenters. The molecule has 2 N–H and O–H groups in total. The summed E-state index contributed by atoms with van der Waals surface area (Å²) in [5.41, 5.74) is 1.30. The summed E-state index contributed by atoms with van der Waals surface area (Å²) in [7, 11) is 0. The van der Waals surface area contributed by atoms with E-state index < -0.39 is 0 Å². The highest BCUT2D eigenvalue weighted by Crippen LogP contribution is 2.23. The van der Waals surface area contributed by atoms with E-state index in [4.69, 9.17) is 0 Å². The van der Waals surface area contributed by atoms with Gasteiger partial charge in [0.15, 0.2) is 0 Å². The van der Waals surface area contributed by atoms with E-state index in [-0.39, 0.29) is 30.7 Å². The van der Waals surface area contributed by atoms with Crippen molar-refractivity contribution in [2.45, 2.75) is 32.1 Å². The Labute approximate surface area is 163 Å². The molecule has 2 fully saturated rings. The molecule has 2 aliphatic rings. The standard InChI is InChI=1S/C19H29N3O.2ClH/c23-19(7-6-16-8-11-20-12-9-16)21-14-17-10-13-22(15-17)18-4-2-1-3-5-18;;/h1-5,16-17,20H,6-15H2,(H,21,23);2*1H. The first kappa shape index (κ1) is 22.1. The Kier molecular flexibility index (Phi) is 10.2. The second-order valence-corrected chi connectivity index (χ2v) is 6.97. The summed E-state index contributed by atoms with van der Waals surface area (Å²) in [6, 6.07) is 10.6. The Bertz CT molecular complexity index is 495. The number of rotatable bonds is 6. The minimum absolute atomic E-state index is 0. The summed E-state index contributed by atoms with van der Waals surface area (Å²) in [6.07, 6.45) is 5.36. The number of carbonyl (C=O) groups excluding carboxylic acids is 1. The van der Waals surface area contributed by atoms with Gasteiger partial charge in [0, 0.05) is 31.7 Å². The largest absolute Gasteiger partial charge is 0.371 e. The van der Waals surface area contributed by atoms with Crippen molar-refractivity contribution in [3.63, 3.8) is 0 Å². The third-order valence-corrected chi connectivity index (χ3v) is 5.23. The molecule has 142 valence electrons. The Morgan fingerprint density at radius 2 is 1.80 bits per heavy atom. The molecule has 0 aromatic heterocycles. The van der Waals surface area contributed by atoms with Crippen LogP contribution in [0.3, 0.4) is 0 Å². The minimum Gasteiger partial charge on any atom is -0.371 e. The third kappa shape index (κ3) is 7.04. The predicted molar refractivity (Wildman–Crippen MR) is 109 cm³/mol. The molecule has 0 bridgehead atoms. The molecular formula is C19H31Cl2N3O. The van der Waals surface area contributed by atoms with E-state index in [0.29, 0.717) is 12.3 Å². The summed E-state index contributed by atoms with van der Waals surface area (Å²) in [6.45, 7) is 5.21. The van der Waals surface area contributed by atoms with Gasteiger partial charge in [-0.25, -0.2) is 0 Å². The van der Waals surface area contributed by atoms with E-state index in [1.54, 1.807) is 0 Å².